The first-order valence-electron chi connectivity index (χ1n) is 9.95. The SMILES string of the molecule is NC(=O)Nc1cccc(CC(=O)N2CCCC(CNC(=O)C3CCCN3)C2)c1. The van der Waals surface area contributed by atoms with E-state index in [2.05, 4.69) is 16.0 Å². The Kier molecular flexibility index (Phi) is 6.86. The standard InChI is InChI=1S/C20H29N5O3/c21-20(28)24-16-6-1-4-14(10-16)11-18(26)25-9-3-5-15(13-25)12-23-19(27)17-7-2-8-22-17/h1,4,6,10,15,17,22H,2-3,5,7-9,11-13H2,(H,23,27)(H3,21,24,28). The van der Waals surface area contributed by atoms with Gasteiger partial charge in [0.1, 0.15) is 0 Å². The van der Waals surface area contributed by atoms with Crippen molar-refractivity contribution in [2.24, 2.45) is 11.7 Å². The minimum Gasteiger partial charge on any atom is -0.354 e. The van der Waals surface area contributed by atoms with Gasteiger partial charge in [-0.2, -0.15) is 0 Å². The molecule has 2 atom stereocenters. The Morgan fingerprint density at radius 2 is 2.07 bits per heavy atom. The molecule has 1 aromatic carbocycles. The van der Waals surface area contributed by atoms with E-state index >= 15 is 0 Å². The van der Waals surface area contributed by atoms with Crippen molar-refractivity contribution in [3.05, 3.63) is 29.8 Å². The molecule has 0 bridgehead atoms. The summed E-state index contributed by atoms with van der Waals surface area (Å²) < 4.78 is 0. The molecule has 152 valence electrons. The maximum atomic E-state index is 12.7. The summed E-state index contributed by atoms with van der Waals surface area (Å²) in [6, 6.07) is 6.45. The first kappa shape index (κ1) is 20.1. The summed E-state index contributed by atoms with van der Waals surface area (Å²) in [6.07, 6.45) is 4.17. The van der Waals surface area contributed by atoms with E-state index in [1.807, 2.05) is 11.0 Å². The van der Waals surface area contributed by atoms with Crippen molar-refractivity contribution in [1.82, 2.24) is 15.5 Å². The lowest BCUT2D eigenvalue weighted by Crippen LogP contribution is -2.47. The highest BCUT2D eigenvalue weighted by molar-refractivity contribution is 5.88. The summed E-state index contributed by atoms with van der Waals surface area (Å²) in [5, 5.41) is 8.77. The van der Waals surface area contributed by atoms with Crippen molar-refractivity contribution in [3.63, 3.8) is 0 Å². The van der Waals surface area contributed by atoms with Crippen LogP contribution < -0.4 is 21.7 Å². The quantitative estimate of drug-likeness (QED) is 0.578. The van der Waals surface area contributed by atoms with Gasteiger partial charge in [0.25, 0.3) is 0 Å². The number of primary amides is 1. The van der Waals surface area contributed by atoms with Crippen LogP contribution in [0.25, 0.3) is 0 Å². The van der Waals surface area contributed by atoms with Crippen LogP contribution in [0, 0.1) is 5.92 Å². The molecule has 8 nitrogen and oxygen atoms in total. The van der Waals surface area contributed by atoms with Gasteiger partial charge in [-0.05, 0) is 55.8 Å². The number of urea groups is 1. The molecule has 2 unspecified atom stereocenters. The zero-order valence-corrected chi connectivity index (χ0v) is 16.1. The number of rotatable bonds is 6. The van der Waals surface area contributed by atoms with Crippen molar-refractivity contribution in [2.75, 3.05) is 31.5 Å². The van der Waals surface area contributed by atoms with Crippen LogP contribution in [0.3, 0.4) is 0 Å². The molecule has 0 spiro atoms. The monoisotopic (exact) mass is 387 g/mol. The Bertz CT molecular complexity index is 718. The number of likely N-dealkylation sites (tertiary alicyclic amines) is 1. The summed E-state index contributed by atoms with van der Waals surface area (Å²) in [6.45, 7) is 2.92. The van der Waals surface area contributed by atoms with Gasteiger partial charge in [-0.3, -0.25) is 9.59 Å². The molecule has 2 saturated heterocycles. The number of nitrogens with zero attached hydrogens (tertiary/aromatic N) is 1. The average molecular weight is 387 g/mol. The van der Waals surface area contributed by atoms with E-state index in [-0.39, 0.29) is 30.2 Å². The van der Waals surface area contributed by atoms with Gasteiger partial charge >= 0.3 is 6.03 Å². The summed E-state index contributed by atoms with van der Waals surface area (Å²) in [7, 11) is 0. The van der Waals surface area contributed by atoms with Gasteiger partial charge in [0, 0.05) is 25.3 Å². The van der Waals surface area contributed by atoms with Gasteiger partial charge in [-0.1, -0.05) is 12.1 Å². The number of piperidine rings is 1. The molecule has 2 fully saturated rings. The number of carbonyl (C=O) groups is 3. The molecule has 0 radical (unpaired) electrons. The zero-order chi connectivity index (χ0) is 19.9. The predicted molar refractivity (Wildman–Crippen MR) is 107 cm³/mol. The number of nitrogens with one attached hydrogen (secondary N) is 3. The molecule has 3 rings (SSSR count). The van der Waals surface area contributed by atoms with E-state index < -0.39 is 6.03 Å². The Labute approximate surface area is 165 Å². The number of carbonyl (C=O) groups excluding carboxylic acids is 3. The second-order valence-corrected chi connectivity index (χ2v) is 7.61. The third-order valence-corrected chi connectivity index (χ3v) is 5.36. The normalized spacial score (nSPS) is 21.9. The van der Waals surface area contributed by atoms with Gasteiger partial charge in [0.15, 0.2) is 0 Å². The molecule has 0 aromatic heterocycles. The van der Waals surface area contributed by atoms with Crippen LogP contribution in [0.1, 0.15) is 31.2 Å². The molecular weight excluding hydrogens is 358 g/mol. The fourth-order valence-electron chi connectivity index (χ4n) is 3.92. The summed E-state index contributed by atoms with van der Waals surface area (Å²) in [5.41, 5.74) is 6.55. The van der Waals surface area contributed by atoms with E-state index in [0.717, 1.165) is 44.3 Å². The van der Waals surface area contributed by atoms with Crippen LogP contribution in [0.4, 0.5) is 10.5 Å². The first-order valence-corrected chi connectivity index (χ1v) is 9.95. The number of hydrogen-bond donors (Lipinski definition) is 4. The number of hydrogen-bond acceptors (Lipinski definition) is 4. The molecule has 0 saturated carbocycles. The van der Waals surface area contributed by atoms with E-state index in [1.165, 1.54) is 0 Å². The Balaban J connectivity index is 1.48. The molecular formula is C20H29N5O3. The summed E-state index contributed by atoms with van der Waals surface area (Å²) in [4.78, 5) is 37.7. The zero-order valence-electron chi connectivity index (χ0n) is 16.1. The molecule has 2 heterocycles. The molecule has 8 heteroatoms. The Morgan fingerprint density at radius 1 is 1.21 bits per heavy atom. The molecule has 1 aromatic rings. The first-order chi connectivity index (χ1) is 13.5. The summed E-state index contributed by atoms with van der Waals surface area (Å²) in [5.74, 6) is 0.412. The summed E-state index contributed by atoms with van der Waals surface area (Å²) >= 11 is 0. The maximum absolute atomic E-state index is 12.7. The number of anilines is 1. The van der Waals surface area contributed by atoms with Crippen LogP contribution in [0.5, 0.6) is 0 Å². The van der Waals surface area contributed by atoms with E-state index in [4.69, 9.17) is 5.73 Å². The van der Waals surface area contributed by atoms with Crippen LogP contribution in [-0.2, 0) is 16.0 Å². The van der Waals surface area contributed by atoms with Crippen molar-refractivity contribution >= 4 is 23.5 Å². The fraction of sp³-hybridized carbons (Fsp3) is 0.550. The van der Waals surface area contributed by atoms with Crippen molar-refractivity contribution in [2.45, 2.75) is 38.1 Å². The van der Waals surface area contributed by atoms with E-state index in [9.17, 15) is 14.4 Å². The number of nitrogens with two attached hydrogens (primary N) is 1. The average Bonchev–Trinajstić information content (AvgIpc) is 3.21. The molecule has 5 N–H and O–H groups in total. The highest BCUT2D eigenvalue weighted by atomic mass is 16.2. The second kappa shape index (κ2) is 9.54. The Morgan fingerprint density at radius 3 is 2.82 bits per heavy atom. The van der Waals surface area contributed by atoms with Crippen LogP contribution in [0.15, 0.2) is 24.3 Å². The van der Waals surface area contributed by atoms with Gasteiger partial charge in [0.05, 0.1) is 12.5 Å². The van der Waals surface area contributed by atoms with E-state index in [0.29, 0.717) is 18.8 Å². The minimum absolute atomic E-state index is 0.0599. The number of benzene rings is 1. The third kappa shape index (κ3) is 5.69. The molecule has 4 amide bonds. The van der Waals surface area contributed by atoms with Gasteiger partial charge in [0.2, 0.25) is 11.8 Å². The molecule has 2 aliphatic rings. The molecule has 28 heavy (non-hydrogen) atoms. The maximum Gasteiger partial charge on any atom is 0.316 e. The van der Waals surface area contributed by atoms with Gasteiger partial charge in [-0.25, -0.2) is 4.79 Å². The third-order valence-electron chi connectivity index (χ3n) is 5.36. The fourth-order valence-corrected chi connectivity index (χ4v) is 3.92. The lowest BCUT2D eigenvalue weighted by molar-refractivity contribution is -0.132. The van der Waals surface area contributed by atoms with Crippen molar-refractivity contribution in [3.8, 4) is 0 Å². The van der Waals surface area contributed by atoms with Gasteiger partial charge in [-0.15, -0.1) is 0 Å². The lowest BCUT2D eigenvalue weighted by atomic mass is 9.97. The smallest absolute Gasteiger partial charge is 0.316 e. The lowest BCUT2D eigenvalue weighted by Gasteiger charge is -2.33. The topological polar surface area (TPSA) is 117 Å². The molecule has 0 aliphatic carbocycles. The highest BCUT2D eigenvalue weighted by Gasteiger charge is 2.26. The molecule has 2 aliphatic heterocycles. The highest BCUT2D eigenvalue weighted by Crippen LogP contribution is 2.18. The minimum atomic E-state index is -0.628. The Hall–Kier alpha value is -2.61. The van der Waals surface area contributed by atoms with Crippen LogP contribution in [-0.4, -0.2) is 55.0 Å². The number of amides is 4. The second-order valence-electron chi connectivity index (χ2n) is 7.61. The largest absolute Gasteiger partial charge is 0.354 e. The predicted octanol–water partition coefficient (Wildman–Crippen LogP) is 0.827. The van der Waals surface area contributed by atoms with Crippen LogP contribution in [0.2, 0.25) is 0 Å². The van der Waals surface area contributed by atoms with E-state index in [1.54, 1.807) is 18.2 Å². The van der Waals surface area contributed by atoms with Crippen molar-refractivity contribution in [1.29, 1.82) is 0 Å². The van der Waals surface area contributed by atoms with Crippen molar-refractivity contribution < 1.29 is 14.4 Å². The van der Waals surface area contributed by atoms with Gasteiger partial charge < -0.3 is 26.6 Å². The van der Waals surface area contributed by atoms with Crippen LogP contribution >= 0.6 is 0 Å².